The van der Waals surface area contributed by atoms with Crippen LogP contribution in [0, 0.1) is 0 Å². The molecule has 16 heteroatoms. The van der Waals surface area contributed by atoms with Gasteiger partial charge in [-0.05, 0) is 0 Å². The Balaban J connectivity index is 0. The minimum Gasteiger partial charge on any atom is 0 e. The molecule has 0 rings (SSSR count). The summed E-state index contributed by atoms with van der Waals surface area (Å²) in [7, 11) is 0. The molecule has 0 aromatic rings. The van der Waals surface area contributed by atoms with Gasteiger partial charge in [0.2, 0.25) is 0 Å². The molecule has 0 fully saturated rings. The quantitative estimate of drug-likeness (QED) is 0.320. The van der Waals surface area contributed by atoms with Crippen molar-refractivity contribution in [2.75, 3.05) is 0 Å². The van der Waals surface area contributed by atoms with Gasteiger partial charge in [0.1, 0.15) is 0 Å². The molecule has 0 aromatic carbocycles. The van der Waals surface area contributed by atoms with E-state index in [-0.39, 0.29) is 317 Å². The van der Waals surface area contributed by atoms with Gasteiger partial charge in [0.25, 0.3) is 0 Å². The van der Waals surface area contributed by atoms with E-state index in [4.69, 9.17) is 0 Å². The predicted octanol–water partition coefficient (Wildman–Crippen LogP) is -0.0400. The van der Waals surface area contributed by atoms with Gasteiger partial charge in [0, 0.05) is 317 Å². The summed E-state index contributed by atoms with van der Waals surface area (Å²) in [5.41, 5.74) is 0. The Labute approximate surface area is 308 Å². The van der Waals surface area contributed by atoms with Crippen LogP contribution in [0.5, 0.6) is 0 Å². The maximum Gasteiger partial charge on any atom is 0 e. The monoisotopic (exact) mass is 3070 g/mol. The summed E-state index contributed by atoms with van der Waals surface area (Å²) in [6, 6.07) is 0. The average Bonchev–Trinajstić information content (AvgIpc) is 0. The van der Waals surface area contributed by atoms with Crippen molar-refractivity contribution in [2.45, 2.75) is 0 Å². The maximum absolute atomic E-state index is 0. The van der Waals surface area contributed by atoms with Crippen LogP contribution in [0.2, 0.25) is 0 Å². The van der Waals surface area contributed by atoms with Crippen molar-refractivity contribution in [1.82, 2.24) is 0 Å². The van der Waals surface area contributed by atoms with Gasteiger partial charge in [-0.2, -0.15) is 0 Å². The summed E-state index contributed by atoms with van der Waals surface area (Å²) in [6.07, 6.45) is 0. The van der Waals surface area contributed by atoms with Crippen molar-refractivity contribution in [2.24, 2.45) is 0 Å². The Kier molecular flexibility index (Phi) is 1420. The first-order valence-corrected chi connectivity index (χ1v) is 0. The SMILES string of the molecule is [Os].[Os].[Os].[Os].[Os].[Os].[Os].[Os].[Os].[Os].[Os].[Os].[Os].[Os].[Os].[Os]. The van der Waals surface area contributed by atoms with Gasteiger partial charge in [-0.15, -0.1) is 0 Å². The van der Waals surface area contributed by atoms with E-state index in [1.165, 1.54) is 0 Å². The summed E-state index contributed by atoms with van der Waals surface area (Å²) in [5.74, 6) is 0. The van der Waals surface area contributed by atoms with E-state index in [1.807, 2.05) is 0 Å². The molecule has 16 heavy (non-hydrogen) atoms. The van der Waals surface area contributed by atoms with E-state index in [0.29, 0.717) is 0 Å². The second-order valence-corrected chi connectivity index (χ2v) is 0. The standard InChI is InChI=1S/16Os. The van der Waals surface area contributed by atoms with Crippen LogP contribution in [0.3, 0.4) is 0 Å². The van der Waals surface area contributed by atoms with Gasteiger partial charge < -0.3 is 0 Å². The van der Waals surface area contributed by atoms with Crippen LogP contribution in [0.4, 0.5) is 0 Å². The van der Waals surface area contributed by atoms with Crippen molar-refractivity contribution in [1.29, 1.82) is 0 Å². The fraction of sp³-hybridized carbons (Fsp3) is 0. The molecule has 0 saturated heterocycles. The van der Waals surface area contributed by atoms with E-state index in [1.54, 1.807) is 0 Å². The van der Waals surface area contributed by atoms with Crippen LogP contribution in [0.25, 0.3) is 0 Å². The van der Waals surface area contributed by atoms with Gasteiger partial charge in [0.05, 0.1) is 0 Å². The fourth-order valence-corrected chi connectivity index (χ4v) is 0. The molecule has 0 aromatic heterocycles. The molecule has 0 bridgehead atoms. The molecule has 0 aliphatic carbocycles. The summed E-state index contributed by atoms with van der Waals surface area (Å²) < 4.78 is 0. The van der Waals surface area contributed by atoms with Gasteiger partial charge >= 0.3 is 0 Å². The molecule has 0 unspecified atom stereocenters. The molecule has 0 nitrogen and oxygen atoms in total. The Morgan fingerprint density at radius 3 is 0.0625 bits per heavy atom. The Morgan fingerprint density at radius 2 is 0.0625 bits per heavy atom. The van der Waals surface area contributed by atoms with Crippen LogP contribution >= 0.6 is 0 Å². The molecule has 0 aliphatic heterocycles. The van der Waals surface area contributed by atoms with Crippen LogP contribution in [0.1, 0.15) is 0 Å². The van der Waals surface area contributed by atoms with Crippen LogP contribution < -0.4 is 0 Å². The molecule has 0 radical (unpaired) electrons. The average molecular weight is 3040 g/mol. The third-order valence-corrected chi connectivity index (χ3v) is 0. The zero-order chi connectivity index (χ0) is 0. The first-order valence-electron chi connectivity index (χ1n) is 0. The Bertz CT molecular complexity index is 0. The van der Waals surface area contributed by atoms with E-state index in [9.17, 15) is 0 Å². The molecule has 0 saturated carbocycles. The molecular weight excluding hydrogens is 3040 g/mol. The van der Waals surface area contributed by atoms with Gasteiger partial charge in [-0.1, -0.05) is 0 Å². The molecule has 0 atom stereocenters. The normalized spacial score (nSPS) is 0. The number of rotatable bonds is 0. The van der Waals surface area contributed by atoms with Crippen LogP contribution in [-0.4, -0.2) is 0 Å². The minimum absolute atomic E-state index is 0. The topological polar surface area (TPSA) is 0 Å². The van der Waals surface area contributed by atoms with Crippen molar-refractivity contribution >= 4 is 0 Å². The third kappa shape index (κ3) is 125. The van der Waals surface area contributed by atoms with Crippen molar-refractivity contribution in [3.8, 4) is 0 Å². The van der Waals surface area contributed by atoms with Crippen LogP contribution in [0.15, 0.2) is 0 Å². The first-order chi connectivity index (χ1) is 0. The largest absolute Gasteiger partial charge is 0 e. The summed E-state index contributed by atoms with van der Waals surface area (Å²) in [4.78, 5) is 0. The molecule has 0 spiro atoms. The third-order valence-electron chi connectivity index (χ3n) is 0. The van der Waals surface area contributed by atoms with E-state index < -0.39 is 0 Å². The van der Waals surface area contributed by atoms with Gasteiger partial charge in [-0.3, -0.25) is 0 Å². The summed E-state index contributed by atoms with van der Waals surface area (Å²) >= 11 is 0. The van der Waals surface area contributed by atoms with Gasteiger partial charge in [-0.25, -0.2) is 0 Å². The molecule has 128 valence electrons. The molecule has 0 aliphatic rings. The maximum atomic E-state index is 0. The van der Waals surface area contributed by atoms with E-state index >= 15 is 0 Å². The Morgan fingerprint density at radius 1 is 0.0625 bits per heavy atom. The number of hydrogen-bond acceptors (Lipinski definition) is 0. The van der Waals surface area contributed by atoms with Crippen molar-refractivity contribution < 1.29 is 317 Å². The molecule has 0 N–H and O–H groups in total. The molecule has 0 heterocycles. The first kappa shape index (κ1) is 160. The predicted molar refractivity (Wildman–Crippen MR) is 0 cm³/mol. The molecule has 0 amide bonds. The smallest absolute Gasteiger partial charge is 0 e. The summed E-state index contributed by atoms with van der Waals surface area (Å²) in [6.45, 7) is 0. The second kappa shape index (κ2) is 142. The van der Waals surface area contributed by atoms with Crippen LogP contribution in [-0.2, 0) is 317 Å². The zero-order valence-corrected chi connectivity index (χ0v) is 46.3. The molecular formula is Os16. The van der Waals surface area contributed by atoms with Gasteiger partial charge in [0.15, 0.2) is 0 Å². The van der Waals surface area contributed by atoms with E-state index in [0.717, 1.165) is 0 Å². The minimum atomic E-state index is 0. The fourth-order valence-electron chi connectivity index (χ4n) is 0. The zero-order valence-electron chi connectivity index (χ0n) is 5.66. The summed E-state index contributed by atoms with van der Waals surface area (Å²) in [5, 5.41) is 0. The second-order valence-electron chi connectivity index (χ2n) is 0. The Hall–Kier alpha value is 10.2. The van der Waals surface area contributed by atoms with Crippen molar-refractivity contribution in [3.63, 3.8) is 0 Å². The van der Waals surface area contributed by atoms with E-state index in [2.05, 4.69) is 0 Å². The van der Waals surface area contributed by atoms with Crippen molar-refractivity contribution in [3.05, 3.63) is 0 Å². The number of hydrogen-bond donors (Lipinski definition) is 0.